The van der Waals surface area contributed by atoms with Gasteiger partial charge in [0.15, 0.2) is 5.96 Å². The average Bonchev–Trinajstić information content (AvgIpc) is 3.13. The molecule has 0 saturated carbocycles. The summed E-state index contributed by atoms with van der Waals surface area (Å²) < 4.78 is 10.5. The fourth-order valence-corrected chi connectivity index (χ4v) is 3.66. The van der Waals surface area contributed by atoms with Crippen molar-refractivity contribution in [2.45, 2.75) is 26.0 Å². The quantitative estimate of drug-likeness (QED) is 0.307. The first-order valence-electron chi connectivity index (χ1n) is 8.69. The Labute approximate surface area is 193 Å². The van der Waals surface area contributed by atoms with Crippen LogP contribution in [0.25, 0.3) is 0 Å². The molecule has 0 spiro atoms. The number of rotatable bonds is 8. The molecule has 0 radical (unpaired) electrons. The maximum absolute atomic E-state index is 6.30. The molecule has 0 bridgehead atoms. The molecule has 1 unspecified atom stereocenters. The Morgan fingerprint density at radius 2 is 2.14 bits per heavy atom. The Bertz CT molecular complexity index is 772. The first kappa shape index (κ1) is 24.9. The first-order chi connectivity index (χ1) is 13.0. The van der Waals surface area contributed by atoms with Crippen LogP contribution >= 0.6 is 46.9 Å². The van der Waals surface area contributed by atoms with Gasteiger partial charge in [0.25, 0.3) is 0 Å². The summed E-state index contributed by atoms with van der Waals surface area (Å²) in [4.78, 5) is 11.0. The molecule has 1 aromatic heterocycles. The van der Waals surface area contributed by atoms with Crippen molar-refractivity contribution in [3.8, 4) is 5.75 Å². The lowest BCUT2D eigenvalue weighted by atomic mass is 10.1. The van der Waals surface area contributed by atoms with E-state index in [-0.39, 0.29) is 30.1 Å². The monoisotopic (exact) mass is 538 g/mol. The van der Waals surface area contributed by atoms with Crippen molar-refractivity contribution in [1.82, 2.24) is 15.2 Å². The number of benzene rings is 1. The van der Waals surface area contributed by atoms with Crippen molar-refractivity contribution in [2.75, 3.05) is 34.9 Å². The van der Waals surface area contributed by atoms with Gasteiger partial charge in [0, 0.05) is 38.2 Å². The van der Waals surface area contributed by atoms with Crippen LogP contribution in [-0.2, 0) is 17.7 Å². The van der Waals surface area contributed by atoms with E-state index in [4.69, 9.17) is 21.1 Å². The number of halogens is 2. The summed E-state index contributed by atoms with van der Waals surface area (Å²) in [6.07, 6.45) is 0.808. The molecule has 2 aromatic rings. The fraction of sp³-hybridized carbons (Fsp3) is 0.474. The Morgan fingerprint density at radius 3 is 2.75 bits per heavy atom. The van der Waals surface area contributed by atoms with Gasteiger partial charge in [-0.1, -0.05) is 17.7 Å². The smallest absolute Gasteiger partial charge is 0.193 e. The minimum atomic E-state index is 0. The topological polar surface area (TPSA) is 59.0 Å². The number of aromatic nitrogens is 1. The predicted octanol–water partition coefficient (Wildman–Crippen LogP) is 4.38. The Hall–Kier alpha value is -1.10. The number of methoxy groups -OCH3 is 2. The molecule has 1 aromatic carbocycles. The van der Waals surface area contributed by atoms with Crippen LogP contribution in [-0.4, -0.2) is 50.7 Å². The number of hydrogen-bond acceptors (Lipinski definition) is 5. The largest absolute Gasteiger partial charge is 0.497 e. The summed E-state index contributed by atoms with van der Waals surface area (Å²) in [5.41, 5.74) is 2.07. The minimum Gasteiger partial charge on any atom is -0.497 e. The SMILES string of the molecule is CN=C(NCCc1ccc(OC)cc1Cl)N(C)Cc1csc(C(C)OC)n1.I. The van der Waals surface area contributed by atoms with E-state index < -0.39 is 0 Å². The van der Waals surface area contributed by atoms with Gasteiger partial charge in [-0.3, -0.25) is 4.99 Å². The molecule has 0 aliphatic heterocycles. The third-order valence-corrected chi connectivity index (χ3v) is 5.59. The second kappa shape index (κ2) is 12.5. The van der Waals surface area contributed by atoms with Crippen LogP contribution in [0.5, 0.6) is 5.75 Å². The number of hydrogen-bond donors (Lipinski definition) is 1. The van der Waals surface area contributed by atoms with Crippen LogP contribution in [0.4, 0.5) is 0 Å². The summed E-state index contributed by atoms with van der Waals surface area (Å²) in [7, 11) is 7.10. The van der Waals surface area contributed by atoms with E-state index in [2.05, 4.69) is 20.7 Å². The fourth-order valence-electron chi connectivity index (χ4n) is 2.55. The molecular weight excluding hydrogens is 511 g/mol. The normalized spacial score (nSPS) is 12.3. The molecule has 28 heavy (non-hydrogen) atoms. The molecule has 0 fully saturated rings. The van der Waals surface area contributed by atoms with Crippen molar-refractivity contribution < 1.29 is 9.47 Å². The van der Waals surface area contributed by atoms with Crippen LogP contribution in [0.2, 0.25) is 5.02 Å². The number of ether oxygens (including phenoxy) is 2. The Kier molecular flexibility index (Phi) is 11.1. The van der Waals surface area contributed by atoms with E-state index in [1.165, 1.54) is 0 Å². The standard InChI is InChI=1S/C19H27ClN4O2S.HI/c1-13(25-4)18-23-15(12-27-18)11-24(3)19(21-2)22-9-8-14-6-7-16(26-5)10-17(14)20;/h6-7,10,12-13H,8-9,11H2,1-5H3,(H,21,22);1H. The van der Waals surface area contributed by atoms with Crippen molar-refractivity contribution in [1.29, 1.82) is 0 Å². The molecule has 1 heterocycles. The van der Waals surface area contributed by atoms with Crippen molar-refractivity contribution in [3.05, 3.63) is 44.9 Å². The summed E-state index contributed by atoms with van der Waals surface area (Å²) in [6, 6.07) is 5.74. The van der Waals surface area contributed by atoms with E-state index >= 15 is 0 Å². The van der Waals surface area contributed by atoms with Gasteiger partial charge in [0.1, 0.15) is 16.9 Å². The predicted molar refractivity (Wildman–Crippen MR) is 127 cm³/mol. The zero-order chi connectivity index (χ0) is 19.8. The number of guanidine groups is 1. The maximum Gasteiger partial charge on any atom is 0.193 e. The van der Waals surface area contributed by atoms with Crippen molar-refractivity contribution in [3.63, 3.8) is 0 Å². The summed E-state index contributed by atoms with van der Waals surface area (Å²) >= 11 is 7.92. The highest BCUT2D eigenvalue weighted by molar-refractivity contribution is 14.0. The van der Waals surface area contributed by atoms with Crippen LogP contribution in [0.1, 0.15) is 29.3 Å². The molecule has 9 heteroatoms. The maximum atomic E-state index is 6.30. The van der Waals surface area contributed by atoms with Gasteiger partial charge in [-0.2, -0.15) is 0 Å². The van der Waals surface area contributed by atoms with Gasteiger partial charge in [0.05, 0.1) is 19.3 Å². The molecule has 0 saturated heterocycles. The molecule has 0 amide bonds. The molecule has 156 valence electrons. The average molecular weight is 539 g/mol. The molecular formula is C19H28ClIN4O2S. The number of thiazole rings is 1. The first-order valence-corrected chi connectivity index (χ1v) is 9.95. The van der Waals surface area contributed by atoms with Crippen LogP contribution < -0.4 is 10.1 Å². The zero-order valence-corrected chi connectivity index (χ0v) is 20.8. The van der Waals surface area contributed by atoms with Gasteiger partial charge < -0.3 is 19.7 Å². The number of nitrogens with one attached hydrogen (secondary N) is 1. The number of aliphatic imine (C=N–C) groups is 1. The second-order valence-electron chi connectivity index (χ2n) is 6.09. The molecule has 1 N–H and O–H groups in total. The summed E-state index contributed by atoms with van der Waals surface area (Å²) in [5, 5.41) is 7.13. The van der Waals surface area contributed by atoms with Crippen LogP contribution in [0.15, 0.2) is 28.6 Å². The molecule has 0 aliphatic carbocycles. The lowest BCUT2D eigenvalue weighted by Gasteiger charge is -2.21. The van der Waals surface area contributed by atoms with E-state index in [1.807, 2.05) is 37.1 Å². The van der Waals surface area contributed by atoms with E-state index in [0.29, 0.717) is 11.6 Å². The van der Waals surface area contributed by atoms with E-state index in [1.54, 1.807) is 32.6 Å². The minimum absolute atomic E-state index is 0. The van der Waals surface area contributed by atoms with Gasteiger partial charge in [0.2, 0.25) is 0 Å². The van der Waals surface area contributed by atoms with Gasteiger partial charge >= 0.3 is 0 Å². The highest BCUT2D eigenvalue weighted by atomic mass is 127. The number of nitrogens with zero attached hydrogens (tertiary/aromatic N) is 3. The summed E-state index contributed by atoms with van der Waals surface area (Å²) in [5.74, 6) is 1.58. The van der Waals surface area contributed by atoms with Gasteiger partial charge in [-0.25, -0.2) is 4.98 Å². The highest BCUT2D eigenvalue weighted by Crippen LogP contribution is 2.23. The van der Waals surface area contributed by atoms with Crippen LogP contribution in [0, 0.1) is 0 Å². The molecule has 2 rings (SSSR count). The lowest BCUT2D eigenvalue weighted by Crippen LogP contribution is -2.39. The third-order valence-electron chi connectivity index (χ3n) is 4.18. The molecule has 0 aliphatic rings. The van der Waals surface area contributed by atoms with E-state index in [9.17, 15) is 0 Å². The highest BCUT2D eigenvalue weighted by Gasteiger charge is 2.13. The van der Waals surface area contributed by atoms with Gasteiger partial charge in [-0.15, -0.1) is 35.3 Å². The van der Waals surface area contributed by atoms with Crippen molar-refractivity contribution >= 4 is 52.9 Å². The molecule has 1 atom stereocenters. The zero-order valence-electron chi connectivity index (χ0n) is 16.9. The second-order valence-corrected chi connectivity index (χ2v) is 7.39. The van der Waals surface area contributed by atoms with Crippen LogP contribution in [0.3, 0.4) is 0 Å². The van der Waals surface area contributed by atoms with Crippen molar-refractivity contribution in [2.24, 2.45) is 4.99 Å². The van der Waals surface area contributed by atoms with E-state index in [0.717, 1.165) is 40.9 Å². The Balaban J connectivity index is 0.00000392. The summed E-state index contributed by atoms with van der Waals surface area (Å²) in [6.45, 7) is 3.40. The molecule has 6 nitrogen and oxygen atoms in total. The Morgan fingerprint density at radius 1 is 1.39 bits per heavy atom. The van der Waals surface area contributed by atoms with Gasteiger partial charge in [-0.05, 0) is 31.0 Å². The lowest BCUT2D eigenvalue weighted by molar-refractivity contribution is 0.119. The third kappa shape index (κ3) is 7.06.